The summed E-state index contributed by atoms with van der Waals surface area (Å²) in [6.45, 7) is 0.527. The zero-order chi connectivity index (χ0) is 21.6. The van der Waals surface area contributed by atoms with Crippen molar-refractivity contribution < 1.29 is 14.6 Å². The lowest BCUT2D eigenvalue weighted by molar-refractivity contribution is -0.137. The van der Waals surface area contributed by atoms with E-state index in [2.05, 4.69) is 5.32 Å². The fourth-order valence-electron chi connectivity index (χ4n) is 3.47. The molecule has 1 heterocycles. The van der Waals surface area contributed by atoms with Crippen molar-refractivity contribution in [3.8, 4) is 28.3 Å². The average molecular weight is 413 g/mol. The third-order valence-electron chi connectivity index (χ3n) is 5.02. The molecule has 0 aliphatic rings. The molecule has 0 amide bonds. The number of methoxy groups -OCH3 is 1. The lowest BCUT2D eigenvalue weighted by atomic mass is 10.0. The molecule has 0 saturated heterocycles. The van der Waals surface area contributed by atoms with Crippen LogP contribution in [-0.4, -0.2) is 34.7 Å². The predicted molar refractivity (Wildman–Crippen MR) is 122 cm³/mol. The summed E-state index contributed by atoms with van der Waals surface area (Å²) in [5, 5.41) is 13.0. The molecule has 0 spiro atoms. The number of benzene rings is 3. The summed E-state index contributed by atoms with van der Waals surface area (Å²) in [7, 11) is 1.67. The van der Waals surface area contributed by atoms with Gasteiger partial charge in [0.25, 0.3) is 0 Å². The monoisotopic (exact) mass is 413 g/mol. The summed E-state index contributed by atoms with van der Waals surface area (Å²) in [6, 6.07) is 23.8. The number of aromatic nitrogens is 2. The molecule has 3 aromatic carbocycles. The van der Waals surface area contributed by atoms with Gasteiger partial charge >= 0.3 is 5.97 Å². The van der Waals surface area contributed by atoms with Gasteiger partial charge in [-0.25, -0.2) is 9.97 Å². The normalized spacial score (nSPS) is 10.7. The van der Waals surface area contributed by atoms with Crippen LogP contribution in [0.4, 0.5) is 5.82 Å². The van der Waals surface area contributed by atoms with Crippen LogP contribution in [0.2, 0.25) is 0 Å². The first-order valence-electron chi connectivity index (χ1n) is 10.1. The number of anilines is 1. The van der Waals surface area contributed by atoms with Crippen LogP contribution in [0.3, 0.4) is 0 Å². The Bertz CT molecular complexity index is 1210. The maximum atomic E-state index is 10.8. The molecular weight excluding hydrogens is 390 g/mol. The number of hydrogen-bond acceptors (Lipinski definition) is 5. The fraction of sp³-hybridized carbons (Fsp3) is 0.160. The van der Waals surface area contributed by atoms with Gasteiger partial charge in [0.2, 0.25) is 0 Å². The first-order chi connectivity index (χ1) is 15.2. The van der Waals surface area contributed by atoms with Gasteiger partial charge in [0.15, 0.2) is 5.82 Å². The van der Waals surface area contributed by atoms with Crippen molar-refractivity contribution in [2.24, 2.45) is 0 Å². The number of carboxylic acid groups (broad SMARTS) is 1. The summed E-state index contributed by atoms with van der Waals surface area (Å²) < 4.78 is 5.47. The average Bonchev–Trinajstić information content (AvgIpc) is 2.81. The number of nitrogens with zero attached hydrogens (tertiary/aromatic N) is 2. The van der Waals surface area contributed by atoms with Crippen molar-refractivity contribution in [3.63, 3.8) is 0 Å². The molecule has 2 N–H and O–H groups in total. The van der Waals surface area contributed by atoms with E-state index >= 15 is 0 Å². The molecule has 156 valence electrons. The smallest absolute Gasteiger partial charge is 0.303 e. The highest BCUT2D eigenvalue weighted by atomic mass is 16.5. The van der Waals surface area contributed by atoms with Crippen molar-refractivity contribution in [3.05, 3.63) is 72.8 Å². The zero-order valence-corrected chi connectivity index (χ0v) is 17.2. The topological polar surface area (TPSA) is 84.3 Å². The minimum absolute atomic E-state index is 0.118. The van der Waals surface area contributed by atoms with E-state index in [1.807, 2.05) is 72.8 Å². The Hall–Kier alpha value is -3.93. The number of carbonyl (C=O) groups is 1. The molecule has 0 radical (unpaired) electrons. The molecule has 1 aromatic heterocycles. The van der Waals surface area contributed by atoms with E-state index in [1.54, 1.807) is 7.11 Å². The van der Waals surface area contributed by atoms with Gasteiger partial charge in [-0.05, 0) is 30.2 Å². The van der Waals surface area contributed by atoms with Crippen LogP contribution in [-0.2, 0) is 4.79 Å². The van der Waals surface area contributed by atoms with Crippen molar-refractivity contribution in [1.82, 2.24) is 9.97 Å². The molecule has 0 aliphatic carbocycles. The highest BCUT2D eigenvalue weighted by Crippen LogP contribution is 2.31. The van der Waals surface area contributed by atoms with Crippen LogP contribution in [0.25, 0.3) is 33.4 Å². The minimum Gasteiger partial charge on any atom is -0.496 e. The lowest BCUT2D eigenvalue weighted by Crippen LogP contribution is -2.07. The van der Waals surface area contributed by atoms with Crippen LogP contribution in [0.1, 0.15) is 12.8 Å². The van der Waals surface area contributed by atoms with Crippen LogP contribution in [0.15, 0.2) is 72.8 Å². The second-order valence-corrected chi connectivity index (χ2v) is 7.11. The lowest BCUT2D eigenvalue weighted by Gasteiger charge is -2.12. The number of aliphatic carboxylic acids is 1. The molecule has 0 aliphatic heterocycles. The van der Waals surface area contributed by atoms with E-state index in [0.717, 1.165) is 33.3 Å². The quantitative estimate of drug-likeness (QED) is 0.384. The van der Waals surface area contributed by atoms with E-state index in [9.17, 15) is 4.79 Å². The third-order valence-corrected chi connectivity index (χ3v) is 5.02. The molecule has 0 saturated carbocycles. The van der Waals surface area contributed by atoms with Gasteiger partial charge in [0.05, 0.1) is 12.6 Å². The van der Waals surface area contributed by atoms with Crippen LogP contribution in [0, 0.1) is 0 Å². The fourth-order valence-corrected chi connectivity index (χ4v) is 3.47. The number of nitrogens with one attached hydrogen (secondary N) is 1. The second-order valence-electron chi connectivity index (χ2n) is 7.11. The number of ether oxygens (including phenoxy) is 1. The highest BCUT2D eigenvalue weighted by Gasteiger charge is 2.11. The summed E-state index contributed by atoms with van der Waals surface area (Å²) in [6.07, 6.45) is 0.643. The van der Waals surface area contributed by atoms with E-state index in [1.165, 1.54) is 0 Å². The van der Waals surface area contributed by atoms with Crippen LogP contribution < -0.4 is 10.1 Å². The summed E-state index contributed by atoms with van der Waals surface area (Å²) in [5.41, 5.74) is 3.81. The Morgan fingerprint density at radius 3 is 2.42 bits per heavy atom. The summed E-state index contributed by atoms with van der Waals surface area (Å²) in [5.74, 6) is 1.35. The Balaban J connectivity index is 1.65. The van der Waals surface area contributed by atoms with E-state index in [-0.39, 0.29) is 6.42 Å². The van der Waals surface area contributed by atoms with Gasteiger partial charge in [0, 0.05) is 29.5 Å². The van der Waals surface area contributed by atoms with E-state index in [0.29, 0.717) is 24.6 Å². The molecule has 0 atom stereocenters. The SMILES string of the molecule is COc1ccccc1-c1ccc(-c2nc(NCCCC(=O)O)c3ccccc3n2)cc1. The number of hydrogen-bond donors (Lipinski definition) is 2. The molecule has 0 unspecified atom stereocenters. The minimum atomic E-state index is -0.801. The standard InChI is InChI=1S/C25H23N3O3/c1-31-22-10-5-3-7-19(22)17-12-14-18(15-13-17)24-27-21-9-4-2-8-20(21)25(28-24)26-16-6-11-23(29)30/h2-5,7-10,12-15H,6,11,16H2,1H3,(H,29,30)(H,26,27,28). The van der Waals surface area contributed by atoms with Crippen molar-refractivity contribution in [2.75, 3.05) is 19.0 Å². The van der Waals surface area contributed by atoms with Gasteiger partial charge in [-0.3, -0.25) is 4.79 Å². The molecule has 4 aromatic rings. The van der Waals surface area contributed by atoms with Gasteiger partial charge in [0.1, 0.15) is 11.6 Å². The van der Waals surface area contributed by atoms with Gasteiger partial charge < -0.3 is 15.2 Å². The first kappa shape index (κ1) is 20.3. The van der Waals surface area contributed by atoms with E-state index < -0.39 is 5.97 Å². The van der Waals surface area contributed by atoms with Crippen molar-refractivity contribution >= 4 is 22.7 Å². The molecule has 6 heteroatoms. The Morgan fingerprint density at radius 1 is 0.935 bits per heavy atom. The first-order valence-corrected chi connectivity index (χ1v) is 10.1. The van der Waals surface area contributed by atoms with Gasteiger partial charge in [-0.15, -0.1) is 0 Å². The zero-order valence-electron chi connectivity index (χ0n) is 17.2. The number of rotatable bonds is 8. The van der Waals surface area contributed by atoms with Crippen molar-refractivity contribution in [1.29, 1.82) is 0 Å². The number of para-hydroxylation sites is 2. The number of carboxylic acids is 1. The van der Waals surface area contributed by atoms with Crippen LogP contribution in [0.5, 0.6) is 5.75 Å². The third kappa shape index (κ3) is 4.64. The maximum Gasteiger partial charge on any atom is 0.303 e. The molecule has 4 rings (SSSR count). The molecule has 6 nitrogen and oxygen atoms in total. The summed E-state index contributed by atoms with van der Waals surface area (Å²) >= 11 is 0. The molecule has 31 heavy (non-hydrogen) atoms. The predicted octanol–water partition coefficient (Wildman–Crippen LogP) is 5.25. The van der Waals surface area contributed by atoms with Gasteiger partial charge in [-0.2, -0.15) is 0 Å². The number of fused-ring (bicyclic) bond motifs is 1. The van der Waals surface area contributed by atoms with E-state index in [4.69, 9.17) is 19.8 Å². The van der Waals surface area contributed by atoms with Gasteiger partial charge in [-0.1, -0.05) is 54.6 Å². The highest BCUT2D eigenvalue weighted by molar-refractivity contribution is 5.90. The molecule has 0 fully saturated rings. The van der Waals surface area contributed by atoms with Crippen molar-refractivity contribution in [2.45, 2.75) is 12.8 Å². The summed E-state index contributed by atoms with van der Waals surface area (Å²) in [4.78, 5) is 20.2. The molecular formula is C25H23N3O3. The Kier molecular flexibility index (Phi) is 6.08. The Labute approximate surface area is 180 Å². The maximum absolute atomic E-state index is 10.8. The second kappa shape index (κ2) is 9.26. The van der Waals surface area contributed by atoms with Crippen LogP contribution >= 0.6 is 0 Å². The largest absolute Gasteiger partial charge is 0.496 e. The molecule has 0 bridgehead atoms. The Morgan fingerprint density at radius 2 is 1.65 bits per heavy atom.